The van der Waals surface area contributed by atoms with E-state index < -0.39 is 0 Å². The third kappa shape index (κ3) is 5.04. The molecule has 4 nitrogen and oxygen atoms in total. The van der Waals surface area contributed by atoms with Crippen LogP contribution in [-0.2, 0) is 0 Å². The van der Waals surface area contributed by atoms with Crippen molar-refractivity contribution in [3.63, 3.8) is 0 Å². The predicted octanol–water partition coefficient (Wildman–Crippen LogP) is 11.9. The average molecular weight is 651 g/mol. The molecule has 0 amide bonds. The molecule has 0 bridgehead atoms. The number of rotatable bonds is 5. The van der Waals surface area contributed by atoms with Crippen molar-refractivity contribution in [1.29, 1.82) is 0 Å². The lowest BCUT2D eigenvalue weighted by molar-refractivity contribution is 1.07. The number of benzene rings is 8. The van der Waals surface area contributed by atoms with Gasteiger partial charge in [0.2, 0.25) is 0 Å². The van der Waals surface area contributed by atoms with Crippen LogP contribution < -0.4 is 0 Å². The Labute approximate surface area is 295 Å². The van der Waals surface area contributed by atoms with Crippen molar-refractivity contribution in [3.05, 3.63) is 182 Å². The summed E-state index contributed by atoms with van der Waals surface area (Å²) in [6.45, 7) is 0. The Morgan fingerprint density at radius 1 is 0.314 bits per heavy atom. The maximum Gasteiger partial charge on any atom is 0.164 e. The smallest absolute Gasteiger partial charge is 0.164 e. The predicted molar refractivity (Wildman–Crippen MR) is 211 cm³/mol. The Morgan fingerprint density at radius 2 is 0.843 bits per heavy atom. The van der Waals surface area contributed by atoms with Crippen LogP contribution in [0.2, 0.25) is 0 Å². The van der Waals surface area contributed by atoms with Crippen molar-refractivity contribution in [2.75, 3.05) is 0 Å². The molecule has 0 saturated heterocycles. The molecule has 51 heavy (non-hydrogen) atoms. The van der Waals surface area contributed by atoms with E-state index in [0.29, 0.717) is 17.5 Å². The molecular formula is C47H30N4. The highest BCUT2D eigenvalue weighted by atomic mass is 15.0. The second kappa shape index (κ2) is 11.9. The molecule has 0 unspecified atom stereocenters. The van der Waals surface area contributed by atoms with Gasteiger partial charge in [-0.3, -0.25) is 0 Å². The SMILES string of the molecule is c1ccc(-c2nc(-c3ccccc3)nc(-c3ccc(-c4ccc5ccc6c(c5c4)c4ccccc4n6-c4ccc5ccccc5c4)cc3)n2)cc1. The molecular weight excluding hydrogens is 621 g/mol. The Balaban J connectivity index is 1.09. The van der Waals surface area contributed by atoms with Gasteiger partial charge >= 0.3 is 0 Å². The van der Waals surface area contributed by atoms with Gasteiger partial charge in [0.1, 0.15) is 0 Å². The van der Waals surface area contributed by atoms with E-state index in [2.05, 4.69) is 126 Å². The van der Waals surface area contributed by atoms with Gasteiger partial charge in [-0.15, -0.1) is 0 Å². The standard InChI is InChI=1S/C47H30N4/c1-3-12-34(13-4-1)45-48-46(35-14-5-2-6-15-35)50-47(49-45)36-22-19-32(20-23-36)38-24-21-33-26-28-43-44(41(33)30-38)40-17-9-10-18-42(40)51(43)39-27-25-31-11-7-8-16-37(31)29-39/h1-30H. The van der Waals surface area contributed by atoms with Crippen LogP contribution in [0.15, 0.2) is 182 Å². The van der Waals surface area contributed by atoms with Crippen LogP contribution in [0.5, 0.6) is 0 Å². The molecule has 0 aliphatic rings. The molecule has 4 heteroatoms. The fraction of sp³-hybridized carbons (Fsp3) is 0. The summed E-state index contributed by atoms with van der Waals surface area (Å²) in [7, 11) is 0. The fourth-order valence-corrected chi connectivity index (χ4v) is 7.31. The van der Waals surface area contributed by atoms with E-state index in [4.69, 9.17) is 15.0 Å². The fourth-order valence-electron chi connectivity index (χ4n) is 7.31. The van der Waals surface area contributed by atoms with Crippen molar-refractivity contribution in [3.8, 4) is 51.0 Å². The lowest BCUT2D eigenvalue weighted by atomic mass is 9.97. The normalized spacial score (nSPS) is 11.5. The van der Waals surface area contributed by atoms with E-state index in [-0.39, 0.29) is 0 Å². The first kappa shape index (κ1) is 29.0. The summed E-state index contributed by atoms with van der Waals surface area (Å²) >= 11 is 0. The number of aromatic nitrogens is 4. The molecule has 8 aromatic carbocycles. The topological polar surface area (TPSA) is 43.6 Å². The first-order valence-corrected chi connectivity index (χ1v) is 17.2. The molecule has 0 fully saturated rings. The van der Waals surface area contributed by atoms with E-state index in [9.17, 15) is 0 Å². The van der Waals surface area contributed by atoms with Crippen LogP contribution in [-0.4, -0.2) is 19.5 Å². The molecule has 0 atom stereocenters. The van der Waals surface area contributed by atoms with E-state index in [1.165, 1.54) is 43.4 Å². The summed E-state index contributed by atoms with van der Waals surface area (Å²) in [5, 5.41) is 7.45. The molecule has 238 valence electrons. The zero-order valence-corrected chi connectivity index (χ0v) is 27.6. The minimum absolute atomic E-state index is 0.649. The monoisotopic (exact) mass is 650 g/mol. The molecule has 0 aliphatic heterocycles. The van der Waals surface area contributed by atoms with Crippen LogP contribution in [0, 0.1) is 0 Å². The third-order valence-electron chi connectivity index (χ3n) is 9.82. The summed E-state index contributed by atoms with van der Waals surface area (Å²) < 4.78 is 2.40. The number of hydrogen-bond donors (Lipinski definition) is 0. The van der Waals surface area contributed by atoms with Gasteiger partial charge in [0, 0.05) is 33.2 Å². The van der Waals surface area contributed by atoms with E-state index in [0.717, 1.165) is 33.5 Å². The average Bonchev–Trinajstić information content (AvgIpc) is 3.56. The number of hydrogen-bond acceptors (Lipinski definition) is 3. The highest BCUT2D eigenvalue weighted by Crippen LogP contribution is 2.39. The highest BCUT2D eigenvalue weighted by molar-refractivity contribution is 6.22. The van der Waals surface area contributed by atoms with E-state index in [1.807, 2.05) is 60.7 Å². The van der Waals surface area contributed by atoms with Gasteiger partial charge in [0.05, 0.1) is 11.0 Å². The van der Waals surface area contributed by atoms with Crippen LogP contribution in [0.1, 0.15) is 0 Å². The summed E-state index contributed by atoms with van der Waals surface area (Å²) in [6, 6.07) is 64.1. The Morgan fingerprint density at radius 3 is 1.55 bits per heavy atom. The summed E-state index contributed by atoms with van der Waals surface area (Å²) in [5.74, 6) is 1.96. The molecule has 10 rings (SSSR count). The third-order valence-corrected chi connectivity index (χ3v) is 9.82. The Bertz CT molecular complexity index is 2830. The molecule has 0 N–H and O–H groups in total. The molecule has 0 saturated carbocycles. The molecule has 0 aliphatic carbocycles. The van der Waals surface area contributed by atoms with Gasteiger partial charge in [-0.1, -0.05) is 152 Å². The van der Waals surface area contributed by atoms with Gasteiger partial charge in [0.25, 0.3) is 0 Å². The zero-order chi connectivity index (χ0) is 33.7. The number of nitrogens with zero attached hydrogens (tertiary/aromatic N) is 4. The lowest BCUT2D eigenvalue weighted by Gasteiger charge is -2.11. The maximum absolute atomic E-state index is 4.93. The number of fused-ring (bicyclic) bond motifs is 6. The maximum atomic E-state index is 4.93. The van der Waals surface area contributed by atoms with Crippen molar-refractivity contribution in [1.82, 2.24) is 19.5 Å². The molecule has 0 spiro atoms. The summed E-state index contributed by atoms with van der Waals surface area (Å²) in [5.41, 5.74) is 8.72. The largest absolute Gasteiger partial charge is 0.309 e. The van der Waals surface area contributed by atoms with Crippen LogP contribution in [0.3, 0.4) is 0 Å². The number of para-hydroxylation sites is 1. The van der Waals surface area contributed by atoms with Crippen molar-refractivity contribution in [2.45, 2.75) is 0 Å². The van der Waals surface area contributed by atoms with Gasteiger partial charge in [0.15, 0.2) is 17.5 Å². The van der Waals surface area contributed by atoms with Crippen LogP contribution in [0.25, 0.3) is 94.3 Å². The van der Waals surface area contributed by atoms with Crippen molar-refractivity contribution >= 4 is 43.4 Å². The van der Waals surface area contributed by atoms with Gasteiger partial charge in [-0.2, -0.15) is 0 Å². The first-order valence-electron chi connectivity index (χ1n) is 17.2. The second-order valence-corrected chi connectivity index (χ2v) is 12.9. The minimum atomic E-state index is 0.649. The van der Waals surface area contributed by atoms with Gasteiger partial charge in [-0.05, 0) is 63.0 Å². The highest BCUT2D eigenvalue weighted by Gasteiger charge is 2.16. The van der Waals surface area contributed by atoms with Gasteiger partial charge in [-0.25, -0.2) is 15.0 Å². The quantitative estimate of drug-likeness (QED) is 0.186. The molecule has 2 aromatic heterocycles. The van der Waals surface area contributed by atoms with Crippen molar-refractivity contribution < 1.29 is 0 Å². The van der Waals surface area contributed by atoms with Crippen molar-refractivity contribution in [2.24, 2.45) is 0 Å². The second-order valence-electron chi connectivity index (χ2n) is 12.9. The van der Waals surface area contributed by atoms with Crippen LogP contribution >= 0.6 is 0 Å². The minimum Gasteiger partial charge on any atom is -0.309 e. The Hall–Kier alpha value is -6.91. The zero-order valence-electron chi connectivity index (χ0n) is 27.6. The van der Waals surface area contributed by atoms with Crippen LogP contribution in [0.4, 0.5) is 0 Å². The van der Waals surface area contributed by atoms with Gasteiger partial charge < -0.3 is 4.57 Å². The van der Waals surface area contributed by atoms with E-state index >= 15 is 0 Å². The lowest BCUT2D eigenvalue weighted by Crippen LogP contribution is -2.00. The summed E-state index contributed by atoms with van der Waals surface area (Å²) in [4.78, 5) is 14.7. The Kier molecular flexibility index (Phi) is 6.78. The van der Waals surface area contributed by atoms with E-state index in [1.54, 1.807) is 0 Å². The molecule has 0 radical (unpaired) electrons. The summed E-state index contributed by atoms with van der Waals surface area (Å²) in [6.07, 6.45) is 0. The molecule has 10 aromatic rings. The molecule has 2 heterocycles. The first-order chi connectivity index (χ1) is 25.3.